The Hall–Kier alpha value is -1.40. The highest BCUT2D eigenvalue weighted by molar-refractivity contribution is 5.17. The van der Waals surface area contributed by atoms with E-state index in [1.54, 1.807) is 6.07 Å². The zero-order valence-corrected chi connectivity index (χ0v) is 9.10. The van der Waals surface area contributed by atoms with Gasteiger partial charge >= 0.3 is 0 Å². The molecule has 0 radical (unpaired) electrons. The molecule has 0 aliphatic heterocycles. The summed E-state index contributed by atoms with van der Waals surface area (Å²) in [5, 5.41) is 3.15. The fourth-order valence-electron chi connectivity index (χ4n) is 1.36. The number of halogens is 2. The lowest BCUT2D eigenvalue weighted by Gasteiger charge is -2.04. The summed E-state index contributed by atoms with van der Waals surface area (Å²) >= 11 is 0. The Morgan fingerprint density at radius 1 is 1.19 bits per heavy atom. The lowest BCUT2D eigenvalue weighted by atomic mass is 10.2. The Balaban J connectivity index is 2.22. The first-order valence-corrected chi connectivity index (χ1v) is 5.32. The summed E-state index contributed by atoms with van der Waals surface area (Å²) in [5.74, 6) is 0.964. The molecule has 0 atom stereocenters. The van der Waals surface area contributed by atoms with Crippen LogP contribution in [-0.4, -0.2) is 6.54 Å². The third-order valence-corrected chi connectivity index (χ3v) is 2.24. The second-order valence-electron chi connectivity index (χ2n) is 3.59. The molecule has 0 saturated carbocycles. The van der Waals surface area contributed by atoms with Crippen LogP contribution in [0.15, 0.2) is 18.2 Å². The third kappa shape index (κ3) is 4.41. The summed E-state index contributed by atoms with van der Waals surface area (Å²) in [5.41, 5.74) is 0.746. The van der Waals surface area contributed by atoms with Crippen LogP contribution in [0.4, 0.5) is 8.78 Å². The van der Waals surface area contributed by atoms with Crippen LogP contribution >= 0.6 is 0 Å². The molecule has 0 fully saturated rings. The van der Waals surface area contributed by atoms with Crippen LogP contribution < -0.4 is 5.32 Å². The predicted octanol–water partition coefficient (Wildman–Crippen LogP) is 2.86. The van der Waals surface area contributed by atoms with Gasteiger partial charge in [-0.05, 0) is 37.1 Å². The first kappa shape index (κ1) is 12.7. The Morgan fingerprint density at radius 3 is 2.69 bits per heavy atom. The highest BCUT2D eigenvalue weighted by Gasteiger charge is 2.01. The maximum atomic E-state index is 12.8. The largest absolute Gasteiger partial charge is 0.313 e. The van der Waals surface area contributed by atoms with E-state index in [4.69, 9.17) is 6.42 Å². The molecule has 0 heterocycles. The van der Waals surface area contributed by atoms with Gasteiger partial charge in [0.25, 0.3) is 0 Å². The Bertz CT molecular complexity index is 369. The normalized spacial score (nSPS) is 10.1. The van der Waals surface area contributed by atoms with Gasteiger partial charge in [0.2, 0.25) is 0 Å². The van der Waals surface area contributed by atoms with Crippen LogP contribution in [0, 0.1) is 24.0 Å². The van der Waals surface area contributed by atoms with Gasteiger partial charge in [0.05, 0.1) is 0 Å². The third-order valence-electron chi connectivity index (χ3n) is 2.24. The summed E-state index contributed by atoms with van der Waals surface area (Å²) < 4.78 is 25.4. The summed E-state index contributed by atoms with van der Waals surface area (Å²) in [6, 6.07) is 3.93. The molecule has 1 rings (SSSR count). The number of hydrogen-bond donors (Lipinski definition) is 1. The van der Waals surface area contributed by atoms with E-state index in [2.05, 4.69) is 11.2 Å². The maximum Gasteiger partial charge on any atom is 0.159 e. The van der Waals surface area contributed by atoms with Crippen molar-refractivity contribution in [2.24, 2.45) is 0 Å². The molecule has 1 aromatic carbocycles. The van der Waals surface area contributed by atoms with Gasteiger partial charge in [-0.1, -0.05) is 6.07 Å². The average Bonchev–Trinajstić information content (AvgIpc) is 2.28. The molecular weight excluding hydrogens is 208 g/mol. The number of rotatable bonds is 6. The van der Waals surface area contributed by atoms with E-state index in [0.29, 0.717) is 6.54 Å². The van der Waals surface area contributed by atoms with Crippen molar-refractivity contribution in [1.82, 2.24) is 5.32 Å². The van der Waals surface area contributed by atoms with Gasteiger partial charge in [-0.25, -0.2) is 8.78 Å². The van der Waals surface area contributed by atoms with Crippen molar-refractivity contribution in [2.75, 3.05) is 6.54 Å². The number of terminal acetylenes is 1. The second-order valence-corrected chi connectivity index (χ2v) is 3.59. The molecule has 1 N–H and O–H groups in total. The minimum absolute atomic E-state index is 0.549. The smallest absolute Gasteiger partial charge is 0.159 e. The molecule has 0 aliphatic rings. The fourth-order valence-corrected chi connectivity index (χ4v) is 1.36. The molecule has 0 amide bonds. The van der Waals surface area contributed by atoms with E-state index in [-0.39, 0.29) is 0 Å². The van der Waals surface area contributed by atoms with Crippen LogP contribution in [0.1, 0.15) is 24.8 Å². The van der Waals surface area contributed by atoms with Crippen molar-refractivity contribution >= 4 is 0 Å². The molecule has 86 valence electrons. The van der Waals surface area contributed by atoms with E-state index in [1.165, 1.54) is 6.07 Å². The highest BCUT2D eigenvalue weighted by atomic mass is 19.2. The first-order chi connectivity index (χ1) is 7.74. The lowest BCUT2D eigenvalue weighted by Crippen LogP contribution is -2.14. The zero-order chi connectivity index (χ0) is 11.8. The van der Waals surface area contributed by atoms with Crippen molar-refractivity contribution in [3.8, 4) is 12.3 Å². The van der Waals surface area contributed by atoms with E-state index in [0.717, 1.165) is 37.4 Å². The molecule has 0 unspecified atom stereocenters. The summed E-state index contributed by atoms with van der Waals surface area (Å²) in [7, 11) is 0. The monoisotopic (exact) mass is 223 g/mol. The Morgan fingerprint density at radius 2 is 2.00 bits per heavy atom. The van der Waals surface area contributed by atoms with Gasteiger partial charge in [0.1, 0.15) is 0 Å². The summed E-state index contributed by atoms with van der Waals surface area (Å²) in [6.45, 7) is 1.38. The molecule has 0 saturated heterocycles. The van der Waals surface area contributed by atoms with Crippen LogP contribution in [0.3, 0.4) is 0 Å². The fraction of sp³-hybridized carbons (Fsp3) is 0.385. The molecule has 0 aliphatic carbocycles. The SMILES string of the molecule is C#CCCCCNCc1ccc(F)c(F)c1. The van der Waals surface area contributed by atoms with Gasteiger partial charge < -0.3 is 5.32 Å². The number of unbranched alkanes of at least 4 members (excludes halogenated alkanes) is 2. The minimum Gasteiger partial charge on any atom is -0.313 e. The van der Waals surface area contributed by atoms with Crippen molar-refractivity contribution in [3.63, 3.8) is 0 Å². The zero-order valence-electron chi connectivity index (χ0n) is 9.10. The summed E-state index contributed by atoms with van der Waals surface area (Å²) in [4.78, 5) is 0. The van der Waals surface area contributed by atoms with Crippen LogP contribution in [-0.2, 0) is 6.54 Å². The van der Waals surface area contributed by atoms with Gasteiger partial charge in [-0.2, -0.15) is 0 Å². The standard InChI is InChI=1S/C13H15F2N/c1-2-3-4-5-8-16-10-11-6-7-12(14)13(15)9-11/h1,6-7,9,16H,3-5,8,10H2. The molecule has 3 heteroatoms. The minimum atomic E-state index is -0.808. The Kier molecular flexibility index (Phi) is 5.52. The second kappa shape index (κ2) is 6.97. The van der Waals surface area contributed by atoms with E-state index in [1.807, 2.05) is 0 Å². The lowest BCUT2D eigenvalue weighted by molar-refractivity contribution is 0.505. The molecular formula is C13H15F2N. The van der Waals surface area contributed by atoms with Crippen molar-refractivity contribution < 1.29 is 8.78 Å². The Labute approximate surface area is 94.9 Å². The molecule has 0 bridgehead atoms. The van der Waals surface area contributed by atoms with Crippen molar-refractivity contribution in [2.45, 2.75) is 25.8 Å². The molecule has 0 spiro atoms. The average molecular weight is 223 g/mol. The van der Waals surface area contributed by atoms with Gasteiger partial charge in [-0.3, -0.25) is 0 Å². The van der Waals surface area contributed by atoms with Gasteiger partial charge in [0.15, 0.2) is 11.6 Å². The first-order valence-electron chi connectivity index (χ1n) is 5.32. The van der Waals surface area contributed by atoms with Crippen LogP contribution in [0.25, 0.3) is 0 Å². The highest BCUT2D eigenvalue weighted by Crippen LogP contribution is 2.08. The van der Waals surface area contributed by atoms with E-state index >= 15 is 0 Å². The van der Waals surface area contributed by atoms with Crippen molar-refractivity contribution in [3.05, 3.63) is 35.4 Å². The number of hydrogen-bond acceptors (Lipinski definition) is 1. The molecule has 16 heavy (non-hydrogen) atoms. The van der Waals surface area contributed by atoms with Gasteiger partial charge in [0, 0.05) is 13.0 Å². The molecule has 1 nitrogen and oxygen atoms in total. The maximum absolute atomic E-state index is 12.8. The van der Waals surface area contributed by atoms with Crippen LogP contribution in [0.2, 0.25) is 0 Å². The molecule has 0 aromatic heterocycles. The quantitative estimate of drug-likeness (QED) is 0.577. The van der Waals surface area contributed by atoms with Crippen LogP contribution in [0.5, 0.6) is 0 Å². The van der Waals surface area contributed by atoms with E-state index < -0.39 is 11.6 Å². The number of nitrogens with one attached hydrogen (secondary N) is 1. The topological polar surface area (TPSA) is 12.0 Å². The van der Waals surface area contributed by atoms with Crippen molar-refractivity contribution in [1.29, 1.82) is 0 Å². The summed E-state index contributed by atoms with van der Waals surface area (Å²) in [6.07, 6.45) is 7.88. The number of benzene rings is 1. The van der Waals surface area contributed by atoms with Gasteiger partial charge in [-0.15, -0.1) is 12.3 Å². The predicted molar refractivity (Wildman–Crippen MR) is 60.7 cm³/mol. The molecule has 1 aromatic rings. The van der Waals surface area contributed by atoms with E-state index in [9.17, 15) is 8.78 Å².